The Morgan fingerprint density at radius 3 is 3.05 bits per heavy atom. The zero-order chi connectivity index (χ0) is 13.9. The van der Waals surface area contributed by atoms with Gasteiger partial charge in [-0.3, -0.25) is 4.79 Å². The standard InChI is InChI=1S/C16H17BrO3/c17-13-7-1-4-11-10-15(20-16(11)13)14(18)8-2-5-12-6-3-9-19-12/h1,4,7,10,12H,2-3,5-6,8-9H2. The number of ether oxygens (including phenoxy) is 1. The van der Waals surface area contributed by atoms with Crippen molar-refractivity contribution in [1.82, 2.24) is 0 Å². The van der Waals surface area contributed by atoms with Gasteiger partial charge in [0.05, 0.1) is 10.6 Å². The van der Waals surface area contributed by atoms with E-state index >= 15 is 0 Å². The molecule has 0 N–H and O–H groups in total. The molecular weight excluding hydrogens is 320 g/mol. The third-order valence-corrected chi connectivity index (χ3v) is 4.35. The molecule has 4 heteroatoms. The molecule has 3 nitrogen and oxygen atoms in total. The fourth-order valence-electron chi connectivity index (χ4n) is 2.65. The fraction of sp³-hybridized carbons (Fsp3) is 0.438. The Bertz CT molecular complexity index is 611. The summed E-state index contributed by atoms with van der Waals surface area (Å²) in [5, 5.41) is 0.960. The number of rotatable bonds is 5. The first-order valence-corrected chi connectivity index (χ1v) is 7.86. The van der Waals surface area contributed by atoms with E-state index < -0.39 is 0 Å². The molecule has 2 heterocycles. The number of benzene rings is 1. The Balaban J connectivity index is 1.61. The van der Waals surface area contributed by atoms with Crippen LogP contribution in [-0.4, -0.2) is 18.5 Å². The van der Waals surface area contributed by atoms with E-state index in [0.29, 0.717) is 18.3 Å². The van der Waals surface area contributed by atoms with Crippen LogP contribution in [0.25, 0.3) is 11.0 Å². The van der Waals surface area contributed by atoms with Crippen molar-refractivity contribution in [2.75, 3.05) is 6.61 Å². The zero-order valence-electron chi connectivity index (χ0n) is 11.2. The number of fused-ring (bicyclic) bond motifs is 1. The van der Waals surface area contributed by atoms with Crippen molar-refractivity contribution in [3.05, 3.63) is 34.5 Å². The van der Waals surface area contributed by atoms with Crippen LogP contribution in [0.1, 0.15) is 42.7 Å². The summed E-state index contributed by atoms with van der Waals surface area (Å²) in [4.78, 5) is 12.1. The molecule has 1 unspecified atom stereocenters. The third-order valence-electron chi connectivity index (χ3n) is 3.72. The van der Waals surface area contributed by atoms with E-state index in [1.54, 1.807) is 0 Å². The van der Waals surface area contributed by atoms with Crippen molar-refractivity contribution in [3.8, 4) is 0 Å². The maximum absolute atomic E-state index is 12.1. The van der Waals surface area contributed by atoms with Crippen molar-refractivity contribution in [2.24, 2.45) is 0 Å². The first kappa shape index (κ1) is 13.8. The number of halogens is 1. The monoisotopic (exact) mass is 336 g/mol. The molecule has 1 aliphatic heterocycles. The summed E-state index contributed by atoms with van der Waals surface area (Å²) in [6.45, 7) is 0.871. The first-order chi connectivity index (χ1) is 9.74. The number of Topliss-reactive ketones (excluding diaryl/α,β-unsaturated/α-hetero) is 1. The van der Waals surface area contributed by atoms with E-state index in [4.69, 9.17) is 9.15 Å². The molecule has 1 saturated heterocycles. The average Bonchev–Trinajstić information content (AvgIpc) is 3.07. The lowest BCUT2D eigenvalue weighted by atomic mass is 10.1. The number of para-hydroxylation sites is 1. The van der Waals surface area contributed by atoms with Crippen molar-refractivity contribution in [2.45, 2.75) is 38.2 Å². The highest BCUT2D eigenvalue weighted by molar-refractivity contribution is 9.10. The quantitative estimate of drug-likeness (QED) is 0.741. The predicted octanol–water partition coefficient (Wildman–Crippen LogP) is 4.73. The molecule has 0 amide bonds. The second kappa shape index (κ2) is 6.10. The van der Waals surface area contributed by atoms with Gasteiger partial charge in [-0.05, 0) is 53.7 Å². The Morgan fingerprint density at radius 2 is 2.30 bits per heavy atom. The molecule has 0 bridgehead atoms. The van der Waals surface area contributed by atoms with Crippen molar-refractivity contribution < 1.29 is 13.9 Å². The third kappa shape index (κ3) is 2.96. The van der Waals surface area contributed by atoms with Crippen LogP contribution >= 0.6 is 15.9 Å². The highest BCUT2D eigenvalue weighted by Gasteiger charge is 2.17. The van der Waals surface area contributed by atoms with Gasteiger partial charge in [0, 0.05) is 18.4 Å². The minimum absolute atomic E-state index is 0.0751. The maximum Gasteiger partial charge on any atom is 0.198 e. The topological polar surface area (TPSA) is 39.4 Å². The lowest BCUT2D eigenvalue weighted by Gasteiger charge is -2.07. The Hall–Kier alpha value is -1.13. The second-order valence-corrected chi connectivity index (χ2v) is 6.07. The van der Waals surface area contributed by atoms with Gasteiger partial charge in [0.1, 0.15) is 5.58 Å². The number of hydrogen-bond donors (Lipinski definition) is 0. The van der Waals surface area contributed by atoms with Crippen LogP contribution < -0.4 is 0 Å². The van der Waals surface area contributed by atoms with Gasteiger partial charge < -0.3 is 9.15 Å². The zero-order valence-corrected chi connectivity index (χ0v) is 12.8. The lowest BCUT2D eigenvalue weighted by molar-refractivity contribution is 0.0905. The van der Waals surface area contributed by atoms with Gasteiger partial charge in [-0.15, -0.1) is 0 Å². The number of hydrogen-bond acceptors (Lipinski definition) is 3. The molecule has 1 fully saturated rings. The summed E-state index contributed by atoms with van der Waals surface area (Å²) in [5.74, 6) is 0.533. The smallest absolute Gasteiger partial charge is 0.198 e. The summed E-state index contributed by atoms with van der Waals surface area (Å²) in [5.41, 5.74) is 0.745. The molecular formula is C16H17BrO3. The molecule has 1 aromatic carbocycles. The normalized spacial score (nSPS) is 18.8. The maximum atomic E-state index is 12.1. The molecule has 0 saturated carbocycles. The molecule has 1 atom stereocenters. The summed E-state index contributed by atoms with van der Waals surface area (Å²) in [7, 11) is 0. The number of carbonyl (C=O) groups excluding carboxylic acids is 1. The highest BCUT2D eigenvalue weighted by Crippen LogP contribution is 2.28. The average molecular weight is 337 g/mol. The van der Waals surface area contributed by atoms with Gasteiger partial charge in [-0.2, -0.15) is 0 Å². The van der Waals surface area contributed by atoms with Crippen LogP contribution in [-0.2, 0) is 4.74 Å². The highest BCUT2D eigenvalue weighted by atomic mass is 79.9. The van der Waals surface area contributed by atoms with Gasteiger partial charge in [0.25, 0.3) is 0 Å². The molecule has 1 aromatic heterocycles. The predicted molar refractivity (Wildman–Crippen MR) is 81.1 cm³/mol. The molecule has 3 rings (SSSR count). The molecule has 1 aliphatic rings. The van der Waals surface area contributed by atoms with Crippen molar-refractivity contribution >= 4 is 32.7 Å². The van der Waals surface area contributed by atoms with Crippen LogP contribution in [0.5, 0.6) is 0 Å². The Labute approximate surface area is 126 Å². The number of furan rings is 1. The van der Waals surface area contributed by atoms with E-state index in [1.165, 1.54) is 0 Å². The molecule has 0 aliphatic carbocycles. The van der Waals surface area contributed by atoms with E-state index in [1.807, 2.05) is 24.3 Å². The van der Waals surface area contributed by atoms with E-state index in [9.17, 15) is 4.79 Å². The van der Waals surface area contributed by atoms with Crippen molar-refractivity contribution in [1.29, 1.82) is 0 Å². The van der Waals surface area contributed by atoms with Gasteiger partial charge in [-0.1, -0.05) is 12.1 Å². The molecule has 2 aromatic rings. The summed E-state index contributed by atoms with van der Waals surface area (Å²) < 4.78 is 12.1. The SMILES string of the molecule is O=C(CCCC1CCCO1)c1cc2cccc(Br)c2o1. The summed E-state index contributed by atoms with van der Waals surface area (Å²) in [6.07, 6.45) is 4.99. The van der Waals surface area contributed by atoms with Crippen LogP contribution in [0.4, 0.5) is 0 Å². The summed E-state index contributed by atoms with van der Waals surface area (Å²) in [6, 6.07) is 7.63. The fourth-order valence-corrected chi connectivity index (χ4v) is 3.11. The van der Waals surface area contributed by atoms with Crippen LogP contribution in [0.15, 0.2) is 33.2 Å². The first-order valence-electron chi connectivity index (χ1n) is 7.07. The molecule has 106 valence electrons. The summed E-state index contributed by atoms with van der Waals surface area (Å²) >= 11 is 3.44. The Morgan fingerprint density at radius 1 is 1.40 bits per heavy atom. The van der Waals surface area contributed by atoms with Crippen LogP contribution in [0, 0.1) is 0 Å². The van der Waals surface area contributed by atoms with E-state index in [-0.39, 0.29) is 5.78 Å². The largest absolute Gasteiger partial charge is 0.452 e. The minimum atomic E-state index is 0.0751. The van der Waals surface area contributed by atoms with Gasteiger partial charge in [-0.25, -0.2) is 0 Å². The molecule has 0 radical (unpaired) electrons. The number of carbonyl (C=O) groups is 1. The van der Waals surface area contributed by atoms with Crippen LogP contribution in [0.3, 0.4) is 0 Å². The van der Waals surface area contributed by atoms with E-state index in [2.05, 4.69) is 15.9 Å². The van der Waals surface area contributed by atoms with Gasteiger partial charge in [0.2, 0.25) is 0 Å². The Kier molecular flexibility index (Phi) is 4.22. The van der Waals surface area contributed by atoms with Gasteiger partial charge in [0.15, 0.2) is 11.5 Å². The minimum Gasteiger partial charge on any atom is -0.452 e. The van der Waals surface area contributed by atoms with Crippen molar-refractivity contribution in [3.63, 3.8) is 0 Å². The number of ketones is 1. The molecule has 20 heavy (non-hydrogen) atoms. The van der Waals surface area contributed by atoms with E-state index in [0.717, 1.165) is 47.7 Å². The van der Waals surface area contributed by atoms with Crippen LogP contribution in [0.2, 0.25) is 0 Å². The second-order valence-electron chi connectivity index (χ2n) is 5.22. The molecule has 0 spiro atoms. The van der Waals surface area contributed by atoms with Gasteiger partial charge >= 0.3 is 0 Å². The lowest BCUT2D eigenvalue weighted by Crippen LogP contribution is -2.06.